The molecule has 27 rings (SSSR count). The molecule has 0 fully saturated rings. The summed E-state index contributed by atoms with van der Waals surface area (Å²) in [5, 5.41) is 4.93. The summed E-state index contributed by atoms with van der Waals surface area (Å²) in [4.78, 5) is 14.3. The molecule has 0 bridgehead atoms. The van der Waals surface area contributed by atoms with E-state index in [4.69, 9.17) is 0 Å². The molecule has 0 radical (unpaired) electrons. The molecule has 2 unspecified atom stereocenters. The number of hydrogen-bond acceptors (Lipinski definition) is 3. The van der Waals surface area contributed by atoms with E-state index in [1.165, 1.54) is 139 Å². The van der Waals surface area contributed by atoms with Crippen molar-refractivity contribution >= 4 is 72.7 Å². The molecule has 1 aliphatic carbocycles. The van der Waals surface area contributed by atoms with E-state index >= 15 is 0 Å². The lowest BCUT2D eigenvalue weighted by Gasteiger charge is -2.28. The van der Waals surface area contributed by atoms with Gasteiger partial charge < -0.3 is 24.7 Å². The SMILES string of the molecule is c1ccc(-c2ccc(-c3ccc(N(c4ccc(-c5ccc(-c6ccccc6)[nH]5)cc4)c4cc5ccccc5c5ccccc45)cc3)[nH]2)cc1.c1ccc(-c2ccc(N(c3ccc(-c4ccccc4)cc3)c3ccc(-c4ccccc4)cc3)cc2)cc1.c1ccc2c(c1)-c1ccccc1C2c1ccc(N(c2ccc(C3c4ccccc4-c4cccc[n+]43)cc2)c2ccc(C3c4ccccc4-c4cccc[n+]43)cc2)cc1. The number of aromatic nitrogens is 4. The van der Waals surface area contributed by atoms with Crippen molar-refractivity contribution in [2.24, 2.45) is 0 Å². The Hall–Kier alpha value is -18.8. The first-order chi connectivity index (χ1) is 71.4. The number of nitrogens with one attached hydrogen (secondary N) is 2. The second kappa shape index (κ2) is 38.5. The maximum absolute atomic E-state index is 3.62. The number of H-pyrrole nitrogens is 2. The molecule has 2 N–H and O–H groups in total. The average Bonchev–Trinajstić information content (AvgIpc) is 1.40. The van der Waals surface area contributed by atoms with Crippen LogP contribution in [0.5, 0.6) is 0 Å². The molecule has 24 aromatic rings. The summed E-state index contributed by atoms with van der Waals surface area (Å²) in [7, 11) is 0. The highest BCUT2D eigenvalue weighted by molar-refractivity contribution is 6.15. The fraction of sp³-hybridized carbons (Fsp3) is 0.0219. The Kier molecular flexibility index (Phi) is 23.2. The second-order valence-corrected chi connectivity index (χ2v) is 37.2. The summed E-state index contributed by atoms with van der Waals surface area (Å²) in [6, 6.07) is 201. The summed E-state index contributed by atoms with van der Waals surface area (Å²) < 4.78 is 4.82. The molecular weight excluding hydrogens is 1740 g/mol. The van der Waals surface area contributed by atoms with E-state index in [2.05, 4.69) is 592 Å². The third-order valence-corrected chi connectivity index (χ3v) is 28.8. The van der Waals surface area contributed by atoms with E-state index in [0.29, 0.717) is 0 Å². The molecule has 7 heteroatoms. The van der Waals surface area contributed by atoms with Gasteiger partial charge in [-0.25, -0.2) is 0 Å². The zero-order valence-corrected chi connectivity index (χ0v) is 79.2. The number of fused-ring (bicyclic) bond motifs is 12. The van der Waals surface area contributed by atoms with Crippen molar-refractivity contribution in [3.8, 4) is 112 Å². The highest BCUT2D eigenvalue weighted by atomic mass is 15.2. The van der Waals surface area contributed by atoms with E-state index in [1.807, 2.05) is 12.1 Å². The van der Waals surface area contributed by atoms with Crippen molar-refractivity contribution in [1.29, 1.82) is 0 Å². The minimum absolute atomic E-state index is 0.125. The standard InChI is InChI=1S/C55H39N3.C46H33N3.C36H27N/c1-5-17-47-43(13-1)44-14-2-6-18-48(44)53(47)37-23-29-40(30-24-37)58(41-31-25-38(26-32-41)54-49-19-7-3-15-45(49)51-21-9-11-35-56(51)54)42-33-27-39(28-34-42)55-50-20-8-4-16-46(50)52-22-10-12-36-57(52)55;1-3-11-32(12-4-1)42-27-29-44(47-42)34-19-23-37(24-20-34)49(46-31-36-15-7-8-16-39(36)40-17-9-10-18-41(40)46)38-25-21-35(22-26-38)45-30-28-43(48-45)33-13-5-2-6-14-33;1-4-10-28(11-5-1)31-16-22-34(23-17-31)37(35-24-18-32(19-25-35)29-12-6-2-7-13-29)36-26-20-33(21-27-36)30-14-8-3-9-15-30/h1-36,53-55H;1-31,47-48H;1-27H/q+2;;. The van der Waals surface area contributed by atoms with Crippen molar-refractivity contribution in [2.45, 2.75) is 18.0 Å². The van der Waals surface area contributed by atoms with Crippen LogP contribution in [0.2, 0.25) is 0 Å². The van der Waals surface area contributed by atoms with E-state index in [-0.39, 0.29) is 18.0 Å². The Morgan fingerprint density at radius 1 is 0.174 bits per heavy atom. The minimum Gasteiger partial charge on any atom is -0.355 e. The first-order valence-corrected chi connectivity index (χ1v) is 49.6. The van der Waals surface area contributed by atoms with Gasteiger partial charge in [-0.1, -0.05) is 358 Å². The first kappa shape index (κ1) is 86.7. The predicted molar refractivity (Wildman–Crippen MR) is 597 cm³/mol. The van der Waals surface area contributed by atoms with Gasteiger partial charge in [-0.3, -0.25) is 0 Å². The van der Waals surface area contributed by atoms with Crippen LogP contribution in [0.4, 0.5) is 51.2 Å². The molecule has 6 heterocycles. The molecule has 7 nitrogen and oxygen atoms in total. The lowest BCUT2D eigenvalue weighted by atomic mass is 9.89. The van der Waals surface area contributed by atoms with Crippen LogP contribution >= 0.6 is 0 Å². The van der Waals surface area contributed by atoms with Gasteiger partial charge in [-0.05, 0) is 276 Å². The van der Waals surface area contributed by atoms with Gasteiger partial charge in [-0.15, -0.1) is 0 Å². The zero-order chi connectivity index (χ0) is 95.6. The molecule has 2 aliphatic heterocycles. The van der Waals surface area contributed by atoms with Crippen LogP contribution in [-0.4, -0.2) is 9.97 Å². The van der Waals surface area contributed by atoms with Crippen LogP contribution in [0.15, 0.2) is 570 Å². The van der Waals surface area contributed by atoms with Crippen LogP contribution in [0.25, 0.3) is 134 Å². The third kappa shape index (κ3) is 16.8. The molecule has 680 valence electrons. The van der Waals surface area contributed by atoms with Gasteiger partial charge in [0.2, 0.25) is 23.5 Å². The second-order valence-electron chi connectivity index (χ2n) is 37.2. The number of rotatable bonds is 19. The Balaban J connectivity index is 0.000000116. The van der Waals surface area contributed by atoms with Gasteiger partial charge in [0, 0.05) is 126 Å². The number of anilines is 9. The van der Waals surface area contributed by atoms with E-state index in [1.54, 1.807) is 0 Å². The van der Waals surface area contributed by atoms with Gasteiger partial charge in [0.15, 0.2) is 12.4 Å². The molecule has 0 saturated carbocycles. The molecule has 4 aromatic heterocycles. The van der Waals surface area contributed by atoms with Gasteiger partial charge >= 0.3 is 0 Å². The number of hydrogen-bond donors (Lipinski definition) is 2. The molecule has 0 amide bonds. The van der Waals surface area contributed by atoms with Gasteiger partial charge in [0.1, 0.15) is 0 Å². The molecule has 2 atom stereocenters. The first-order valence-electron chi connectivity index (χ1n) is 49.6. The van der Waals surface area contributed by atoms with Crippen LogP contribution in [0.3, 0.4) is 0 Å². The molecule has 0 spiro atoms. The van der Waals surface area contributed by atoms with E-state index in [0.717, 1.165) is 85.1 Å². The van der Waals surface area contributed by atoms with E-state index in [9.17, 15) is 0 Å². The van der Waals surface area contributed by atoms with Crippen molar-refractivity contribution in [2.75, 3.05) is 14.7 Å². The molecule has 144 heavy (non-hydrogen) atoms. The predicted octanol–water partition coefficient (Wildman–Crippen LogP) is 35.1. The van der Waals surface area contributed by atoms with E-state index < -0.39 is 0 Å². The van der Waals surface area contributed by atoms with Gasteiger partial charge in [0.25, 0.3) is 0 Å². The highest BCUT2D eigenvalue weighted by Gasteiger charge is 2.40. The zero-order valence-electron chi connectivity index (χ0n) is 79.2. The van der Waals surface area contributed by atoms with Crippen LogP contribution < -0.4 is 23.8 Å². The monoisotopic (exact) mass is 1840 g/mol. The molecule has 0 saturated heterocycles. The largest absolute Gasteiger partial charge is 0.355 e. The van der Waals surface area contributed by atoms with Gasteiger partial charge in [-0.2, -0.15) is 9.13 Å². The Morgan fingerprint density at radius 3 is 0.799 bits per heavy atom. The number of benzene rings is 20. The van der Waals surface area contributed by atoms with Crippen LogP contribution in [-0.2, 0) is 0 Å². The maximum Gasteiger partial charge on any atom is 0.213 e. The van der Waals surface area contributed by atoms with Crippen molar-refractivity contribution in [3.63, 3.8) is 0 Å². The highest BCUT2D eigenvalue weighted by Crippen LogP contribution is 2.51. The summed E-state index contributed by atoms with van der Waals surface area (Å²) in [6.45, 7) is 0. The number of pyridine rings is 2. The lowest BCUT2D eigenvalue weighted by Crippen LogP contribution is -2.38. The number of aromatic amines is 2. The van der Waals surface area contributed by atoms with Crippen molar-refractivity contribution < 1.29 is 9.13 Å². The Labute approximate surface area is 840 Å². The fourth-order valence-corrected chi connectivity index (χ4v) is 21.8. The van der Waals surface area contributed by atoms with Crippen LogP contribution in [0.1, 0.15) is 56.9 Å². The topological polar surface area (TPSA) is 49.1 Å². The summed E-state index contributed by atoms with van der Waals surface area (Å²) in [6.07, 6.45) is 4.42. The smallest absolute Gasteiger partial charge is 0.213 e. The number of nitrogens with zero attached hydrogens (tertiary/aromatic N) is 5. The minimum atomic E-state index is 0.125. The normalized spacial score (nSPS) is 12.8. The summed E-state index contributed by atoms with van der Waals surface area (Å²) in [5.41, 5.74) is 43.5. The van der Waals surface area contributed by atoms with Crippen molar-refractivity contribution in [1.82, 2.24) is 9.97 Å². The lowest BCUT2D eigenvalue weighted by molar-refractivity contribution is -0.688. The summed E-state index contributed by atoms with van der Waals surface area (Å²) >= 11 is 0. The fourth-order valence-electron chi connectivity index (χ4n) is 21.8. The Bertz CT molecular complexity index is 7910. The quantitative estimate of drug-likeness (QED) is 0.0627. The molecule has 20 aromatic carbocycles. The average molecular weight is 1840 g/mol. The summed E-state index contributed by atoms with van der Waals surface area (Å²) in [5.74, 6) is 0.206. The van der Waals surface area contributed by atoms with Gasteiger partial charge in [0.05, 0.1) is 16.8 Å². The van der Waals surface area contributed by atoms with Crippen molar-refractivity contribution in [3.05, 3.63) is 609 Å². The maximum atomic E-state index is 3.62. The third-order valence-electron chi connectivity index (χ3n) is 28.8. The van der Waals surface area contributed by atoms with Crippen LogP contribution in [0, 0.1) is 0 Å². The molecular formula is C137H99N7+2. The Morgan fingerprint density at radius 2 is 0.431 bits per heavy atom. The molecule has 3 aliphatic rings.